The molecule has 1 saturated heterocycles. The Morgan fingerprint density at radius 1 is 0.962 bits per heavy atom. The predicted octanol–water partition coefficient (Wildman–Crippen LogP) is 0.718. The Morgan fingerprint density at radius 2 is 1.65 bits per heavy atom. The van der Waals surface area contributed by atoms with Crippen molar-refractivity contribution in [2.24, 2.45) is 5.10 Å². The van der Waals surface area contributed by atoms with Gasteiger partial charge in [0.25, 0.3) is 11.8 Å². The van der Waals surface area contributed by atoms with Gasteiger partial charge < -0.3 is 14.8 Å². The van der Waals surface area contributed by atoms with Crippen molar-refractivity contribution >= 4 is 34.3 Å². The van der Waals surface area contributed by atoms with Crippen LogP contribution in [0, 0.1) is 0 Å². The van der Waals surface area contributed by atoms with E-state index in [0.717, 1.165) is 10.9 Å². The first kappa shape index (κ1) is 16.3. The lowest BCUT2D eigenvalue weighted by molar-refractivity contribution is -0.126. The summed E-state index contributed by atoms with van der Waals surface area (Å²) in [6.45, 7) is 1.87. The Kier molecular flexibility index (Phi) is 4.16. The van der Waals surface area contributed by atoms with Crippen LogP contribution in [0.4, 0.5) is 0 Å². The molecule has 8 nitrogen and oxygen atoms in total. The highest BCUT2D eigenvalue weighted by Gasteiger charge is 2.29. The van der Waals surface area contributed by atoms with E-state index in [0.29, 0.717) is 43.9 Å². The fraction of sp³-hybridized carbons (Fsp3) is 0.333. The molecule has 0 atom stereocenters. The van der Waals surface area contributed by atoms with Gasteiger partial charge in [0, 0.05) is 56.1 Å². The molecule has 1 fully saturated rings. The second kappa shape index (κ2) is 6.62. The lowest BCUT2D eigenvalue weighted by atomic mass is 10.1. The minimum atomic E-state index is -0.171. The number of nitrogens with one attached hydrogen (secondary N) is 2. The molecule has 134 valence electrons. The number of hydrogen-bond donors (Lipinski definition) is 2. The van der Waals surface area contributed by atoms with Crippen molar-refractivity contribution in [3.8, 4) is 0 Å². The number of hydrazone groups is 1. The molecule has 3 amide bonds. The third-order valence-corrected chi connectivity index (χ3v) is 4.83. The topological polar surface area (TPSA) is 97.9 Å². The SMILES string of the molecule is O=C1CCC(C(=O)N2CCN(C(=O)c3c[nH]c4ccccc34)CC2)=NN1. The molecule has 2 N–H and O–H groups in total. The number of aromatic nitrogens is 1. The van der Waals surface area contributed by atoms with Crippen molar-refractivity contribution in [1.29, 1.82) is 0 Å². The van der Waals surface area contributed by atoms with E-state index < -0.39 is 0 Å². The average molecular weight is 353 g/mol. The summed E-state index contributed by atoms with van der Waals surface area (Å²) >= 11 is 0. The first-order valence-electron chi connectivity index (χ1n) is 8.63. The highest BCUT2D eigenvalue weighted by atomic mass is 16.2. The Morgan fingerprint density at radius 3 is 2.35 bits per heavy atom. The lowest BCUT2D eigenvalue weighted by Gasteiger charge is -2.35. The Balaban J connectivity index is 1.41. The molecule has 0 spiro atoms. The van der Waals surface area contributed by atoms with Gasteiger partial charge in [0.05, 0.1) is 5.56 Å². The molecule has 8 heteroatoms. The molecule has 4 rings (SSSR count). The number of rotatable bonds is 2. The Labute approximate surface area is 149 Å². The van der Waals surface area contributed by atoms with Gasteiger partial charge in [-0.25, -0.2) is 5.43 Å². The number of aromatic amines is 1. The highest BCUT2D eigenvalue weighted by Crippen LogP contribution is 2.20. The zero-order chi connectivity index (χ0) is 18.1. The number of hydrogen-bond acceptors (Lipinski definition) is 4. The molecule has 26 heavy (non-hydrogen) atoms. The van der Waals surface area contributed by atoms with E-state index in [1.54, 1.807) is 16.0 Å². The summed E-state index contributed by atoms with van der Waals surface area (Å²) in [4.78, 5) is 43.0. The van der Waals surface area contributed by atoms with Crippen LogP contribution in [-0.2, 0) is 9.59 Å². The van der Waals surface area contributed by atoms with Crippen LogP contribution in [0.3, 0.4) is 0 Å². The van der Waals surface area contributed by atoms with Gasteiger partial charge in [0.2, 0.25) is 5.91 Å². The zero-order valence-electron chi connectivity index (χ0n) is 14.2. The van der Waals surface area contributed by atoms with E-state index in [9.17, 15) is 14.4 Å². The van der Waals surface area contributed by atoms with Crippen molar-refractivity contribution in [1.82, 2.24) is 20.2 Å². The quantitative estimate of drug-likeness (QED) is 0.832. The summed E-state index contributed by atoms with van der Waals surface area (Å²) in [5.41, 5.74) is 4.31. The minimum absolute atomic E-state index is 0.0307. The van der Waals surface area contributed by atoms with E-state index in [2.05, 4.69) is 15.5 Å². The largest absolute Gasteiger partial charge is 0.360 e. The first-order chi connectivity index (χ1) is 12.6. The summed E-state index contributed by atoms with van der Waals surface area (Å²) in [5.74, 6) is -0.364. The van der Waals surface area contributed by atoms with Crippen molar-refractivity contribution in [2.45, 2.75) is 12.8 Å². The van der Waals surface area contributed by atoms with Gasteiger partial charge in [-0.05, 0) is 6.07 Å². The maximum atomic E-state index is 12.8. The number of H-pyrrole nitrogens is 1. The van der Waals surface area contributed by atoms with Crippen molar-refractivity contribution in [3.63, 3.8) is 0 Å². The van der Waals surface area contributed by atoms with E-state index >= 15 is 0 Å². The van der Waals surface area contributed by atoms with Crippen LogP contribution in [0.5, 0.6) is 0 Å². The van der Waals surface area contributed by atoms with Gasteiger partial charge in [-0.1, -0.05) is 18.2 Å². The monoisotopic (exact) mass is 353 g/mol. The number of para-hydroxylation sites is 1. The molecular weight excluding hydrogens is 334 g/mol. The molecule has 0 unspecified atom stereocenters. The van der Waals surface area contributed by atoms with Gasteiger partial charge in [-0.2, -0.15) is 5.10 Å². The van der Waals surface area contributed by atoms with Crippen LogP contribution in [0.1, 0.15) is 23.2 Å². The molecule has 0 bridgehead atoms. The van der Waals surface area contributed by atoms with Crippen LogP contribution >= 0.6 is 0 Å². The first-order valence-corrected chi connectivity index (χ1v) is 8.63. The fourth-order valence-corrected chi connectivity index (χ4v) is 3.34. The normalized spacial score (nSPS) is 17.8. The van der Waals surface area contributed by atoms with Gasteiger partial charge >= 0.3 is 0 Å². The van der Waals surface area contributed by atoms with Gasteiger partial charge in [0.1, 0.15) is 5.71 Å². The molecule has 1 aromatic heterocycles. The standard InChI is InChI=1S/C18H19N5O3/c24-16-6-5-15(20-21-16)18(26)23-9-7-22(8-10-23)17(25)13-11-19-14-4-2-1-3-12(13)14/h1-4,11,19H,5-10H2,(H,21,24). The second-order valence-electron chi connectivity index (χ2n) is 6.43. The maximum absolute atomic E-state index is 12.8. The molecule has 0 saturated carbocycles. The van der Waals surface area contributed by atoms with Crippen LogP contribution in [0.2, 0.25) is 0 Å². The molecule has 2 aliphatic rings. The lowest BCUT2D eigenvalue weighted by Crippen LogP contribution is -2.52. The fourth-order valence-electron chi connectivity index (χ4n) is 3.34. The number of fused-ring (bicyclic) bond motifs is 1. The molecule has 2 aliphatic heterocycles. The summed E-state index contributed by atoms with van der Waals surface area (Å²) in [6.07, 6.45) is 2.38. The van der Waals surface area contributed by atoms with E-state index in [1.165, 1.54) is 0 Å². The smallest absolute Gasteiger partial charge is 0.270 e. The number of piperazine rings is 1. The number of carbonyl (C=O) groups is 3. The van der Waals surface area contributed by atoms with Crippen LogP contribution in [0.15, 0.2) is 35.6 Å². The van der Waals surface area contributed by atoms with Gasteiger partial charge in [-0.15, -0.1) is 0 Å². The molecular formula is C18H19N5O3. The molecule has 0 aliphatic carbocycles. The van der Waals surface area contributed by atoms with E-state index in [1.807, 2.05) is 24.3 Å². The minimum Gasteiger partial charge on any atom is -0.360 e. The molecule has 1 aromatic carbocycles. The average Bonchev–Trinajstić information content (AvgIpc) is 3.12. The third-order valence-electron chi connectivity index (χ3n) is 4.83. The van der Waals surface area contributed by atoms with Crippen LogP contribution in [-0.4, -0.2) is 64.4 Å². The number of benzene rings is 1. The third kappa shape index (κ3) is 2.94. The van der Waals surface area contributed by atoms with E-state index in [-0.39, 0.29) is 24.1 Å². The summed E-state index contributed by atoms with van der Waals surface area (Å²) in [6, 6.07) is 7.70. The molecule has 2 aromatic rings. The summed E-state index contributed by atoms with van der Waals surface area (Å²) in [7, 11) is 0. The Hall–Kier alpha value is -3.16. The maximum Gasteiger partial charge on any atom is 0.270 e. The van der Waals surface area contributed by atoms with Crippen molar-refractivity contribution in [2.75, 3.05) is 26.2 Å². The second-order valence-corrected chi connectivity index (χ2v) is 6.43. The van der Waals surface area contributed by atoms with Crippen molar-refractivity contribution in [3.05, 3.63) is 36.0 Å². The van der Waals surface area contributed by atoms with Crippen LogP contribution in [0.25, 0.3) is 10.9 Å². The summed E-state index contributed by atoms with van der Waals surface area (Å²) < 4.78 is 0. The summed E-state index contributed by atoms with van der Waals surface area (Å²) in [5, 5.41) is 4.76. The zero-order valence-corrected chi connectivity index (χ0v) is 14.2. The van der Waals surface area contributed by atoms with Crippen LogP contribution < -0.4 is 5.43 Å². The number of carbonyl (C=O) groups excluding carboxylic acids is 3. The van der Waals surface area contributed by atoms with Gasteiger partial charge in [0.15, 0.2) is 0 Å². The van der Waals surface area contributed by atoms with Gasteiger partial charge in [-0.3, -0.25) is 14.4 Å². The highest BCUT2D eigenvalue weighted by molar-refractivity contribution is 6.39. The molecule has 3 heterocycles. The van der Waals surface area contributed by atoms with E-state index in [4.69, 9.17) is 0 Å². The predicted molar refractivity (Wildman–Crippen MR) is 95.6 cm³/mol. The van der Waals surface area contributed by atoms with Crippen molar-refractivity contribution < 1.29 is 14.4 Å². The number of amides is 3. The molecule has 0 radical (unpaired) electrons. The number of nitrogens with zero attached hydrogens (tertiary/aromatic N) is 3. The Bertz CT molecular complexity index is 908.